The van der Waals surface area contributed by atoms with Crippen LogP contribution in [0.2, 0.25) is 0 Å². The molecule has 0 aliphatic rings. The van der Waals surface area contributed by atoms with Crippen molar-refractivity contribution in [3.05, 3.63) is 95.1 Å². The second-order valence-electron chi connectivity index (χ2n) is 10.6. The maximum absolute atomic E-state index is 14.8. The average Bonchev–Trinajstić information content (AvgIpc) is 3.41. The fraction of sp³-hybridized carbons (Fsp3) is 0.241. The lowest BCUT2D eigenvalue weighted by atomic mass is 9.86. The minimum Gasteiger partial charge on any atom is -0.492 e. The molecule has 4 rings (SSSR count). The predicted octanol–water partition coefficient (Wildman–Crippen LogP) is 4.27. The van der Waals surface area contributed by atoms with Crippen LogP contribution in [0, 0.1) is 5.82 Å². The number of halogens is 1. The zero-order valence-electron chi connectivity index (χ0n) is 23.7. The van der Waals surface area contributed by atoms with Crippen molar-refractivity contribution in [3.63, 3.8) is 0 Å². The number of hydrogen-bond donors (Lipinski definition) is 3. The molecule has 0 saturated carbocycles. The molecule has 3 N–H and O–H groups in total. The van der Waals surface area contributed by atoms with Gasteiger partial charge in [-0.15, -0.1) is 5.10 Å². The van der Waals surface area contributed by atoms with E-state index in [9.17, 15) is 22.4 Å². The fourth-order valence-electron chi connectivity index (χ4n) is 4.03. The van der Waals surface area contributed by atoms with Crippen molar-refractivity contribution in [3.8, 4) is 11.4 Å². The SMILES string of the molecule is COc1c(NC(=O)c2ccc(F)c(-n3cc(C(=O)NCc4ccccc4)nn3)c2)cc(C(C)(C)C)cc1NS(C)(=O)=O. The number of hydrogen-bond acceptors (Lipinski definition) is 7. The topological polar surface area (TPSA) is 144 Å². The van der Waals surface area contributed by atoms with Crippen LogP contribution >= 0.6 is 0 Å². The summed E-state index contributed by atoms with van der Waals surface area (Å²) in [6, 6.07) is 16.3. The quantitative estimate of drug-likeness (QED) is 0.263. The number of benzene rings is 3. The van der Waals surface area contributed by atoms with Gasteiger partial charge in [0.25, 0.3) is 11.8 Å². The third kappa shape index (κ3) is 7.29. The molecule has 0 aliphatic heterocycles. The first-order valence-corrected chi connectivity index (χ1v) is 14.7. The summed E-state index contributed by atoms with van der Waals surface area (Å²) in [6.45, 7) is 6.08. The van der Waals surface area contributed by atoms with Gasteiger partial charge >= 0.3 is 0 Å². The molecule has 0 aliphatic carbocycles. The van der Waals surface area contributed by atoms with Crippen molar-refractivity contribution in [1.29, 1.82) is 0 Å². The number of nitrogens with one attached hydrogen (secondary N) is 3. The second-order valence-corrected chi connectivity index (χ2v) is 12.3. The minimum absolute atomic E-state index is 0.0326. The van der Waals surface area contributed by atoms with Gasteiger partial charge in [0.05, 0.1) is 30.9 Å². The van der Waals surface area contributed by atoms with Crippen molar-refractivity contribution in [2.24, 2.45) is 0 Å². The lowest BCUT2D eigenvalue weighted by Crippen LogP contribution is -2.23. The number of carbonyl (C=O) groups is 2. The van der Waals surface area contributed by atoms with Crippen LogP contribution in [0.25, 0.3) is 5.69 Å². The Balaban J connectivity index is 1.60. The van der Waals surface area contributed by atoms with Gasteiger partial charge in [-0.3, -0.25) is 14.3 Å². The number of nitrogens with zero attached hydrogens (tertiary/aromatic N) is 3. The third-order valence-electron chi connectivity index (χ3n) is 6.18. The molecule has 0 bridgehead atoms. The zero-order chi connectivity index (χ0) is 30.7. The number of sulfonamides is 1. The van der Waals surface area contributed by atoms with Crippen molar-refractivity contribution in [2.45, 2.75) is 32.7 Å². The number of rotatable bonds is 9. The first-order chi connectivity index (χ1) is 19.7. The summed E-state index contributed by atoms with van der Waals surface area (Å²) < 4.78 is 47.8. The van der Waals surface area contributed by atoms with E-state index >= 15 is 0 Å². The monoisotopic (exact) mass is 594 g/mol. The molecule has 42 heavy (non-hydrogen) atoms. The first-order valence-electron chi connectivity index (χ1n) is 12.8. The summed E-state index contributed by atoms with van der Waals surface area (Å²) in [6.07, 6.45) is 2.27. The molecular weight excluding hydrogens is 563 g/mol. The van der Waals surface area contributed by atoms with Gasteiger partial charge in [-0.25, -0.2) is 17.5 Å². The lowest BCUT2D eigenvalue weighted by Gasteiger charge is -2.24. The molecule has 220 valence electrons. The molecule has 0 atom stereocenters. The molecule has 2 amide bonds. The minimum atomic E-state index is -3.66. The highest BCUT2D eigenvalue weighted by Crippen LogP contribution is 2.39. The Morgan fingerprint density at radius 3 is 2.33 bits per heavy atom. The van der Waals surface area contributed by atoms with Gasteiger partial charge in [0, 0.05) is 12.1 Å². The largest absolute Gasteiger partial charge is 0.492 e. The van der Waals surface area contributed by atoms with E-state index in [0.717, 1.165) is 28.1 Å². The molecule has 13 heteroatoms. The van der Waals surface area contributed by atoms with E-state index < -0.39 is 33.1 Å². The molecule has 0 saturated heterocycles. The number of methoxy groups -OCH3 is 1. The third-order valence-corrected chi connectivity index (χ3v) is 6.77. The molecule has 0 spiro atoms. The molecular formula is C29H31FN6O5S. The summed E-state index contributed by atoms with van der Waals surface area (Å²) in [5.74, 6) is -1.71. The highest BCUT2D eigenvalue weighted by Gasteiger charge is 2.23. The Morgan fingerprint density at radius 2 is 1.69 bits per heavy atom. The van der Waals surface area contributed by atoms with E-state index in [1.54, 1.807) is 12.1 Å². The van der Waals surface area contributed by atoms with Crippen molar-refractivity contribution in [2.75, 3.05) is 23.4 Å². The predicted molar refractivity (Wildman–Crippen MR) is 157 cm³/mol. The number of carbonyl (C=O) groups excluding carboxylic acids is 2. The van der Waals surface area contributed by atoms with Crippen LogP contribution in [0.5, 0.6) is 5.75 Å². The fourth-order valence-corrected chi connectivity index (χ4v) is 4.58. The number of ether oxygens (including phenoxy) is 1. The lowest BCUT2D eigenvalue weighted by molar-refractivity contribution is 0.0945. The highest BCUT2D eigenvalue weighted by molar-refractivity contribution is 7.92. The van der Waals surface area contributed by atoms with Gasteiger partial charge in [-0.05, 0) is 46.9 Å². The molecule has 0 radical (unpaired) electrons. The van der Waals surface area contributed by atoms with Gasteiger partial charge in [-0.2, -0.15) is 0 Å². The molecule has 11 nitrogen and oxygen atoms in total. The van der Waals surface area contributed by atoms with Crippen molar-refractivity contribution in [1.82, 2.24) is 20.3 Å². The van der Waals surface area contributed by atoms with Crippen LogP contribution in [0.4, 0.5) is 15.8 Å². The molecule has 0 unspecified atom stereocenters. The Hall–Kier alpha value is -4.78. The van der Waals surface area contributed by atoms with Crippen LogP contribution in [0.15, 0.2) is 66.9 Å². The standard InChI is InChI=1S/C29H31FN6O5S/c1-29(2,3)20-14-22(26(41-4)23(15-20)34-42(5,39)40)32-27(37)19-11-12-21(30)25(13-19)36-17-24(33-35-36)28(38)31-16-18-9-7-6-8-10-18/h6-15,17,34H,16H2,1-5H3,(H,31,38)(H,32,37). The Labute approximate surface area is 243 Å². The zero-order valence-corrected chi connectivity index (χ0v) is 24.5. The van der Waals surface area contributed by atoms with E-state index in [-0.39, 0.29) is 40.6 Å². The van der Waals surface area contributed by atoms with E-state index in [2.05, 4.69) is 25.7 Å². The van der Waals surface area contributed by atoms with Crippen molar-refractivity contribution >= 4 is 33.2 Å². The van der Waals surface area contributed by atoms with E-state index in [1.165, 1.54) is 25.4 Å². The normalized spacial score (nSPS) is 11.6. The number of anilines is 2. The average molecular weight is 595 g/mol. The molecule has 1 aromatic heterocycles. The van der Waals surface area contributed by atoms with E-state index in [0.29, 0.717) is 0 Å². The maximum Gasteiger partial charge on any atom is 0.273 e. The summed E-state index contributed by atoms with van der Waals surface area (Å²) in [5.41, 5.74) is 1.52. The van der Waals surface area contributed by atoms with Gasteiger partial charge in [0.2, 0.25) is 10.0 Å². The first kappa shape index (κ1) is 30.2. The van der Waals surface area contributed by atoms with Crippen LogP contribution in [0.1, 0.15) is 52.7 Å². The van der Waals surface area contributed by atoms with Gasteiger partial charge in [0.1, 0.15) is 11.5 Å². The van der Waals surface area contributed by atoms with Crippen LogP contribution in [-0.2, 0) is 22.0 Å². The van der Waals surface area contributed by atoms with Crippen LogP contribution in [0.3, 0.4) is 0 Å². The van der Waals surface area contributed by atoms with Crippen molar-refractivity contribution < 1.29 is 27.1 Å². The van der Waals surface area contributed by atoms with Crippen LogP contribution in [-0.4, -0.2) is 48.6 Å². The summed E-state index contributed by atoms with van der Waals surface area (Å²) in [4.78, 5) is 25.9. The van der Waals surface area contributed by atoms with Gasteiger partial charge in [0.15, 0.2) is 11.4 Å². The Bertz CT molecular complexity index is 1730. The molecule has 0 fully saturated rings. The molecule has 1 heterocycles. The summed E-state index contributed by atoms with van der Waals surface area (Å²) >= 11 is 0. The van der Waals surface area contributed by atoms with E-state index in [4.69, 9.17) is 4.74 Å². The smallest absolute Gasteiger partial charge is 0.273 e. The Morgan fingerprint density at radius 1 is 1.00 bits per heavy atom. The highest BCUT2D eigenvalue weighted by atomic mass is 32.2. The van der Waals surface area contributed by atoms with Crippen LogP contribution < -0.4 is 20.1 Å². The molecule has 4 aromatic rings. The Kier molecular flexibility index (Phi) is 8.62. The number of amides is 2. The maximum atomic E-state index is 14.8. The number of aromatic nitrogens is 3. The second kappa shape index (κ2) is 12.0. The van der Waals surface area contributed by atoms with Gasteiger partial charge < -0.3 is 15.4 Å². The summed E-state index contributed by atoms with van der Waals surface area (Å²) in [7, 11) is -2.31. The molecule has 3 aromatic carbocycles. The van der Waals surface area contributed by atoms with Gasteiger partial charge in [-0.1, -0.05) is 56.3 Å². The summed E-state index contributed by atoms with van der Waals surface area (Å²) in [5, 5.41) is 13.2. The van der Waals surface area contributed by atoms with E-state index in [1.807, 2.05) is 51.1 Å².